The summed E-state index contributed by atoms with van der Waals surface area (Å²) in [6.07, 6.45) is 5.00. The molecule has 4 aliphatic rings. The molecule has 0 spiro atoms. The van der Waals surface area contributed by atoms with E-state index in [2.05, 4.69) is 36.7 Å². The smallest absolute Gasteiger partial charge is 0.294 e. The third-order valence-corrected chi connectivity index (χ3v) is 14.2. The first-order valence-electron chi connectivity index (χ1n) is 23.7. The summed E-state index contributed by atoms with van der Waals surface area (Å²) in [4.78, 5) is 91.4. The van der Waals surface area contributed by atoms with Crippen LogP contribution in [0.5, 0.6) is 0 Å². The average Bonchev–Trinajstić information content (AvgIpc) is 4.02. The summed E-state index contributed by atoms with van der Waals surface area (Å²) in [6, 6.07) is 8.48. The van der Waals surface area contributed by atoms with Gasteiger partial charge in [0, 0.05) is 61.5 Å². The molecule has 73 heavy (non-hydrogen) atoms. The first-order valence-corrected chi connectivity index (χ1v) is 23.7. The van der Waals surface area contributed by atoms with Crippen molar-refractivity contribution in [2.75, 3.05) is 10.6 Å². The highest BCUT2D eigenvalue weighted by Crippen LogP contribution is 2.50. The molecule has 388 valence electrons. The number of rotatable bonds is 12. The summed E-state index contributed by atoms with van der Waals surface area (Å²) < 4.78 is 59.3. The summed E-state index contributed by atoms with van der Waals surface area (Å²) in [5, 5.41) is 20.9. The van der Waals surface area contributed by atoms with Crippen molar-refractivity contribution in [1.29, 1.82) is 0 Å². The minimum absolute atomic E-state index is 0. The Bertz CT molecular complexity index is 3070. The van der Waals surface area contributed by atoms with Gasteiger partial charge in [0.05, 0.1) is 34.3 Å². The molecule has 2 aliphatic heterocycles. The largest absolute Gasteiger partial charge is 0.368 e. The van der Waals surface area contributed by atoms with E-state index < -0.39 is 69.3 Å². The number of aromatic amines is 1. The van der Waals surface area contributed by atoms with Gasteiger partial charge in [0.15, 0.2) is 0 Å². The third kappa shape index (κ3) is 10.2. The van der Waals surface area contributed by atoms with E-state index in [-0.39, 0.29) is 55.9 Å². The molecule has 7 N–H and O–H groups in total. The van der Waals surface area contributed by atoms with Gasteiger partial charge in [-0.05, 0) is 139 Å². The van der Waals surface area contributed by atoms with Crippen LogP contribution in [0, 0.1) is 39.3 Å². The summed E-state index contributed by atoms with van der Waals surface area (Å²) in [7, 11) is 0. The number of hydrogen-bond acceptors (Lipinski definition) is 9. The van der Waals surface area contributed by atoms with Crippen LogP contribution in [0.4, 0.5) is 28.9 Å². The number of aromatic nitrogens is 5. The van der Waals surface area contributed by atoms with Crippen LogP contribution in [0.25, 0.3) is 0 Å². The van der Waals surface area contributed by atoms with Crippen molar-refractivity contribution in [3.8, 4) is 0 Å². The number of carbonyl (C=O) groups is 7. The van der Waals surface area contributed by atoms with E-state index in [4.69, 9.17) is 5.73 Å². The number of Topliss-reactive ketones (excluding diaryl/α,β-unsaturated/α-hetero) is 2. The summed E-state index contributed by atoms with van der Waals surface area (Å²) >= 11 is 0. The van der Waals surface area contributed by atoms with Crippen LogP contribution in [0.1, 0.15) is 154 Å². The Morgan fingerprint density at radius 2 is 1.10 bits per heavy atom. The Kier molecular flexibility index (Phi) is 14.5. The molecular formula is C52H60F4N10O7. The molecule has 5 heterocycles. The topological polar surface area (TPSA) is 245 Å². The standard InChI is InChI=1S/C26H28F2N6O3.C25H28F2N4O4.CH4/c1-14-10-16(7-8-17(14)27)30-23(36)20-15(2)21(34-9-5-4-6-18(20)34)22(35)24(37)31-26(12-25(3,28)13-26)19-11-29-33-32-19;1-13-10-15(7-8-16(13)26)29-21(33)18-14(2)19(31-9-5-4-6-17(18)31)20(32)22(34)30-25(23(28)35)11-24(3,27)12-25;/h7-8,10-11H,4-6,9,12-13H2,1-3H3,(H,30,36)(H,31,37)(H,29,32,33);7-8,10H,4-6,9,11-12H2,1-3H3,(H2,28,35)(H,29,33)(H,30,34);1H4. The van der Waals surface area contributed by atoms with E-state index >= 15 is 0 Å². The van der Waals surface area contributed by atoms with E-state index in [1.54, 1.807) is 36.8 Å². The van der Waals surface area contributed by atoms with Gasteiger partial charge in [0.1, 0.15) is 34.2 Å². The highest BCUT2D eigenvalue weighted by molar-refractivity contribution is 6.44. The number of ketones is 2. The molecule has 2 fully saturated rings. The van der Waals surface area contributed by atoms with Gasteiger partial charge in [-0.1, -0.05) is 7.43 Å². The number of H-pyrrole nitrogens is 1. The summed E-state index contributed by atoms with van der Waals surface area (Å²) in [5.41, 5.74) is 4.26. The predicted molar refractivity (Wildman–Crippen MR) is 262 cm³/mol. The summed E-state index contributed by atoms with van der Waals surface area (Å²) in [6.45, 7) is 10.1. The number of halogens is 4. The fourth-order valence-corrected chi connectivity index (χ4v) is 11.0. The fraction of sp³-hybridized carbons (Fsp3) is 0.442. The van der Waals surface area contributed by atoms with Crippen LogP contribution in [0.2, 0.25) is 0 Å². The molecule has 0 atom stereocenters. The van der Waals surface area contributed by atoms with Crippen LogP contribution in [0.3, 0.4) is 0 Å². The lowest BCUT2D eigenvalue weighted by Gasteiger charge is -2.49. The second-order valence-electron chi connectivity index (χ2n) is 20.1. The maximum absolute atomic E-state index is 14.5. The molecule has 2 saturated carbocycles. The van der Waals surface area contributed by atoms with Crippen molar-refractivity contribution in [1.82, 2.24) is 35.2 Å². The number of aryl methyl sites for hydroxylation is 2. The zero-order valence-electron chi connectivity index (χ0n) is 40.8. The normalized spacial score (nSPS) is 22.5. The molecule has 5 amide bonds. The van der Waals surface area contributed by atoms with Gasteiger partial charge in [-0.15, -0.1) is 0 Å². The van der Waals surface area contributed by atoms with Gasteiger partial charge < -0.3 is 36.1 Å². The maximum Gasteiger partial charge on any atom is 0.294 e. The zero-order valence-corrected chi connectivity index (χ0v) is 40.8. The Hall–Kier alpha value is -7.45. The van der Waals surface area contributed by atoms with Crippen molar-refractivity contribution < 1.29 is 51.1 Å². The number of hydrogen-bond donors (Lipinski definition) is 6. The van der Waals surface area contributed by atoms with Crippen LogP contribution in [-0.4, -0.2) is 82.5 Å². The molecule has 0 radical (unpaired) electrons. The number of alkyl halides is 2. The monoisotopic (exact) mass is 1010 g/mol. The van der Waals surface area contributed by atoms with E-state index in [1.807, 2.05) is 0 Å². The Morgan fingerprint density at radius 3 is 1.48 bits per heavy atom. The molecule has 17 nitrogen and oxygen atoms in total. The fourth-order valence-electron chi connectivity index (χ4n) is 11.0. The minimum atomic E-state index is -1.67. The molecule has 3 aromatic heterocycles. The second kappa shape index (κ2) is 19.9. The number of nitrogens with two attached hydrogens (primary N) is 1. The number of amides is 5. The number of nitrogens with zero attached hydrogens (tertiary/aromatic N) is 4. The lowest BCUT2D eigenvalue weighted by Crippen LogP contribution is -2.69. The Morgan fingerprint density at radius 1 is 0.658 bits per heavy atom. The lowest BCUT2D eigenvalue weighted by molar-refractivity contribution is -0.141. The maximum atomic E-state index is 14.5. The number of fused-ring (bicyclic) bond motifs is 2. The highest BCUT2D eigenvalue weighted by atomic mass is 19.2. The highest BCUT2D eigenvalue weighted by Gasteiger charge is 2.59. The molecule has 9 rings (SSSR count). The molecule has 0 unspecified atom stereocenters. The first-order chi connectivity index (χ1) is 33.9. The first kappa shape index (κ1) is 53.4. The van der Waals surface area contributed by atoms with Gasteiger partial charge in [0.25, 0.3) is 35.2 Å². The van der Waals surface area contributed by atoms with Crippen LogP contribution < -0.4 is 27.0 Å². The van der Waals surface area contributed by atoms with Crippen molar-refractivity contribution >= 4 is 52.5 Å². The molecule has 0 bridgehead atoms. The van der Waals surface area contributed by atoms with E-state index in [0.717, 1.165) is 25.7 Å². The molecule has 21 heteroatoms. The molecule has 2 aliphatic carbocycles. The van der Waals surface area contributed by atoms with Crippen LogP contribution in [-0.2, 0) is 45.9 Å². The number of benzene rings is 2. The summed E-state index contributed by atoms with van der Waals surface area (Å²) in [5.74, 6) is -6.27. The van der Waals surface area contributed by atoms with Gasteiger partial charge in [-0.25, -0.2) is 17.6 Å². The zero-order chi connectivity index (χ0) is 52.2. The van der Waals surface area contributed by atoms with E-state index in [1.165, 1.54) is 56.4 Å². The SMILES string of the molecule is C.Cc1cc(NC(=O)c2c(C)c(C(=O)C(=O)NC3(C(N)=O)CC(C)(F)C3)n3c2CCCC3)ccc1F.Cc1cc(NC(=O)c2c(C)c(C(=O)C(=O)NC3(c4cn[nH]n4)CC(C)(F)C3)n3c2CCCC3)ccc1F. The lowest BCUT2D eigenvalue weighted by atomic mass is 9.65. The Labute approximate surface area is 418 Å². The van der Waals surface area contributed by atoms with Crippen LogP contribution >= 0.6 is 0 Å². The molecule has 0 saturated heterocycles. The second-order valence-corrected chi connectivity index (χ2v) is 20.1. The third-order valence-electron chi connectivity index (χ3n) is 14.2. The Balaban J connectivity index is 0.000000211. The number of nitrogens with one attached hydrogen (secondary N) is 5. The van der Waals surface area contributed by atoms with Gasteiger partial charge in [-0.3, -0.25) is 33.6 Å². The minimum Gasteiger partial charge on any atom is -0.368 e. The van der Waals surface area contributed by atoms with E-state index in [9.17, 15) is 51.1 Å². The quantitative estimate of drug-likeness (QED) is 0.0421. The van der Waals surface area contributed by atoms with Gasteiger partial charge in [0.2, 0.25) is 5.91 Å². The van der Waals surface area contributed by atoms with Crippen LogP contribution in [0.15, 0.2) is 42.6 Å². The molecular weight excluding hydrogens is 953 g/mol. The number of carbonyl (C=O) groups excluding carboxylic acids is 7. The van der Waals surface area contributed by atoms with Crippen molar-refractivity contribution in [3.63, 3.8) is 0 Å². The number of primary amides is 1. The average molecular weight is 1010 g/mol. The van der Waals surface area contributed by atoms with Crippen molar-refractivity contribution in [2.45, 2.75) is 149 Å². The molecule has 2 aromatic carbocycles. The van der Waals surface area contributed by atoms with Gasteiger partial charge in [-0.2, -0.15) is 15.4 Å². The van der Waals surface area contributed by atoms with Crippen molar-refractivity contribution in [2.24, 2.45) is 5.73 Å². The predicted octanol–water partition coefficient (Wildman–Crippen LogP) is 7.18. The van der Waals surface area contributed by atoms with E-state index in [0.29, 0.717) is 82.2 Å². The van der Waals surface area contributed by atoms with Gasteiger partial charge >= 0.3 is 0 Å². The molecule has 5 aromatic rings. The van der Waals surface area contributed by atoms with Crippen molar-refractivity contribution in [3.05, 3.63) is 116 Å². The number of anilines is 2.